The molecule has 0 radical (unpaired) electrons. The first kappa shape index (κ1) is 12.4. The van der Waals surface area contributed by atoms with Crippen molar-refractivity contribution >= 4 is 5.69 Å². The zero-order chi connectivity index (χ0) is 13.6. The highest BCUT2D eigenvalue weighted by molar-refractivity contribution is 5.77. The number of pyridine rings is 2. The Hall–Kier alpha value is -2.68. The van der Waals surface area contributed by atoms with Crippen molar-refractivity contribution in [2.45, 2.75) is 6.54 Å². The first-order valence-electron chi connectivity index (χ1n) is 6.56. The summed E-state index contributed by atoms with van der Waals surface area (Å²) in [6, 6.07) is 16.3. The summed E-state index contributed by atoms with van der Waals surface area (Å²) in [6.45, 7) is 0.778. The van der Waals surface area contributed by atoms with Gasteiger partial charge in [0, 0.05) is 48.1 Å². The second-order valence-electron chi connectivity index (χ2n) is 4.50. The average Bonchev–Trinajstić information content (AvgIpc) is 2.55. The van der Waals surface area contributed by atoms with Crippen molar-refractivity contribution in [2.75, 3.05) is 5.32 Å². The Morgan fingerprint density at radius 1 is 0.800 bits per heavy atom. The number of anilines is 1. The fourth-order valence-corrected chi connectivity index (χ4v) is 2.11. The van der Waals surface area contributed by atoms with Gasteiger partial charge in [-0.3, -0.25) is 9.97 Å². The minimum atomic E-state index is 0.778. The van der Waals surface area contributed by atoms with E-state index in [1.807, 2.05) is 48.9 Å². The molecule has 0 saturated carbocycles. The summed E-state index contributed by atoms with van der Waals surface area (Å²) in [5.74, 6) is 0. The highest BCUT2D eigenvalue weighted by Crippen LogP contribution is 2.27. The number of benzene rings is 1. The predicted octanol–water partition coefficient (Wildman–Crippen LogP) is 3.76. The Kier molecular flexibility index (Phi) is 3.69. The van der Waals surface area contributed by atoms with Gasteiger partial charge in [0.2, 0.25) is 0 Å². The van der Waals surface area contributed by atoms with Gasteiger partial charge in [-0.15, -0.1) is 0 Å². The zero-order valence-electron chi connectivity index (χ0n) is 11.0. The molecule has 0 bridgehead atoms. The SMILES string of the molecule is c1cncc(-c2ccccc2NCc2ccncc2)c1. The third-order valence-electron chi connectivity index (χ3n) is 3.13. The lowest BCUT2D eigenvalue weighted by atomic mass is 10.1. The second kappa shape index (κ2) is 5.97. The van der Waals surface area contributed by atoms with Gasteiger partial charge in [0.15, 0.2) is 0 Å². The maximum Gasteiger partial charge on any atom is 0.0423 e. The van der Waals surface area contributed by atoms with Crippen LogP contribution in [-0.2, 0) is 6.54 Å². The van der Waals surface area contributed by atoms with Crippen LogP contribution in [0.4, 0.5) is 5.69 Å². The molecule has 3 aromatic rings. The minimum absolute atomic E-state index is 0.778. The normalized spacial score (nSPS) is 10.2. The maximum atomic E-state index is 4.18. The number of para-hydroxylation sites is 1. The van der Waals surface area contributed by atoms with Crippen molar-refractivity contribution in [2.24, 2.45) is 0 Å². The molecule has 20 heavy (non-hydrogen) atoms. The number of hydrogen-bond donors (Lipinski definition) is 1. The molecule has 1 N–H and O–H groups in total. The minimum Gasteiger partial charge on any atom is -0.380 e. The lowest BCUT2D eigenvalue weighted by molar-refractivity contribution is 1.13. The third kappa shape index (κ3) is 2.83. The number of aromatic nitrogens is 2. The molecule has 0 spiro atoms. The lowest BCUT2D eigenvalue weighted by Gasteiger charge is -2.12. The largest absolute Gasteiger partial charge is 0.380 e. The van der Waals surface area contributed by atoms with Crippen LogP contribution in [-0.4, -0.2) is 9.97 Å². The van der Waals surface area contributed by atoms with E-state index in [1.54, 1.807) is 6.20 Å². The summed E-state index contributed by atoms with van der Waals surface area (Å²) in [5, 5.41) is 3.47. The Morgan fingerprint density at radius 3 is 2.45 bits per heavy atom. The van der Waals surface area contributed by atoms with Crippen LogP contribution in [0.2, 0.25) is 0 Å². The topological polar surface area (TPSA) is 37.8 Å². The van der Waals surface area contributed by atoms with Gasteiger partial charge in [-0.2, -0.15) is 0 Å². The van der Waals surface area contributed by atoms with Crippen molar-refractivity contribution in [1.82, 2.24) is 9.97 Å². The van der Waals surface area contributed by atoms with Gasteiger partial charge in [0.25, 0.3) is 0 Å². The number of hydrogen-bond acceptors (Lipinski definition) is 3. The van der Waals surface area contributed by atoms with Gasteiger partial charge in [-0.25, -0.2) is 0 Å². The summed E-state index contributed by atoms with van der Waals surface area (Å²) < 4.78 is 0. The predicted molar refractivity (Wildman–Crippen MR) is 81.2 cm³/mol. The summed E-state index contributed by atoms with van der Waals surface area (Å²) in [6.07, 6.45) is 7.29. The highest BCUT2D eigenvalue weighted by atomic mass is 14.9. The highest BCUT2D eigenvalue weighted by Gasteiger charge is 2.04. The zero-order valence-corrected chi connectivity index (χ0v) is 11.0. The average molecular weight is 261 g/mol. The van der Waals surface area contributed by atoms with Gasteiger partial charge in [0.05, 0.1) is 0 Å². The van der Waals surface area contributed by atoms with Gasteiger partial charge >= 0.3 is 0 Å². The molecule has 0 atom stereocenters. The molecule has 98 valence electrons. The molecule has 0 amide bonds. The van der Waals surface area contributed by atoms with Crippen LogP contribution >= 0.6 is 0 Å². The van der Waals surface area contributed by atoms with Gasteiger partial charge in [0.1, 0.15) is 0 Å². The third-order valence-corrected chi connectivity index (χ3v) is 3.13. The summed E-state index contributed by atoms with van der Waals surface area (Å²) in [5.41, 5.74) is 4.60. The van der Waals surface area contributed by atoms with E-state index in [2.05, 4.69) is 33.5 Å². The Labute approximate surface area is 118 Å². The Balaban J connectivity index is 1.84. The first-order valence-corrected chi connectivity index (χ1v) is 6.56. The summed E-state index contributed by atoms with van der Waals surface area (Å²) in [4.78, 5) is 8.21. The summed E-state index contributed by atoms with van der Waals surface area (Å²) >= 11 is 0. The van der Waals surface area contributed by atoms with E-state index in [0.29, 0.717) is 0 Å². The van der Waals surface area contributed by atoms with E-state index >= 15 is 0 Å². The van der Waals surface area contributed by atoms with Crippen molar-refractivity contribution < 1.29 is 0 Å². The van der Waals surface area contributed by atoms with E-state index in [0.717, 1.165) is 23.4 Å². The van der Waals surface area contributed by atoms with Crippen molar-refractivity contribution in [3.63, 3.8) is 0 Å². The first-order chi connectivity index (χ1) is 9.93. The van der Waals surface area contributed by atoms with E-state index < -0.39 is 0 Å². The molecular weight excluding hydrogens is 246 g/mol. The van der Waals surface area contributed by atoms with E-state index in [4.69, 9.17) is 0 Å². The fraction of sp³-hybridized carbons (Fsp3) is 0.0588. The van der Waals surface area contributed by atoms with Crippen LogP contribution in [0.5, 0.6) is 0 Å². The van der Waals surface area contributed by atoms with Crippen LogP contribution in [0, 0.1) is 0 Å². The van der Waals surface area contributed by atoms with Gasteiger partial charge < -0.3 is 5.32 Å². The van der Waals surface area contributed by atoms with Crippen molar-refractivity contribution in [3.05, 3.63) is 78.9 Å². The number of nitrogens with zero attached hydrogens (tertiary/aromatic N) is 2. The van der Waals surface area contributed by atoms with Gasteiger partial charge in [-0.05, 0) is 29.8 Å². The van der Waals surface area contributed by atoms with Crippen LogP contribution in [0.1, 0.15) is 5.56 Å². The molecule has 1 aromatic carbocycles. The fourth-order valence-electron chi connectivity index (χ4n) is 2.11. The molecule has 3 heteroatoms. The van der Waals surface area contributed by atoms with E-state index in [-0.39, 0.29) is 0 Å². The van der Waals surface area contributed by atoms with Gasteiger partial charge in [-0.1, -0.05) is 24.3 Å². The Morgan fingerprint density at radius 2 is 1.65 bits per heavy atom. The van der Waals surface area contributed by atoms with E-state index in [1.165, 1.54) is 5.56 Å². The maximum absolute atomic E-state index is 4.18. The molecule has 0 aliphatic rings. The molecule has 0 aliphatic heterocycles. The van der Waals surface area contributed by atoms with E-state index in [9.17, 15) is 0 Å². The molecule has 2 aromatic heterocycles. The van der Waals surface area contributed by atoms with Crippen LogP contribution < -0.4 is 5.32 Å². The van der Waals surface area contributed by atoms with Crippen molar-refractivity contribution in [1.29, 1.82) is 0 Å². The molecule has 3 nitrogen and oxygen atoms in total. The molecule has 0 aliphatic carbocycles. The molecular formula is C17H15N3. The number of nitrogens with one attached hydrogen (secondary N) is 1. The van der Waals surface area contributed by atoms with Crippen LogP contribution in [0.15, 0.2) is 73.3 Å². The molecule has 0 unspecified atom stereocenters. The van der Waals surface area contributed by atoms with Crippen LogP contribution in [0.3, 0.4) is 0 Å². The summed E-state index contributed by atoms with van der Waals surface area (Å²) in [7, 11) is 0. The van der Waals surface area contributed by atoms with Crippen LogP contribution in [0.25, 0.3) is 11.1 Å². The quantitative estimate of drug-likeness (QED) is 0.777. The molecule has 2 heterocycles. The molecule has 0 fully saturated rings. The second-order valence-corrected chi connectivity index (χ2v) is 4.50. The lowest BCUT2D eigenvalue weighted by Crippen LogP contribution is -2.00. The Bertz CT molecular complexity index is 666. The standard InChI is InChI=1S/C17H15N3/c1-2-6-17(20-12-14-7-10-18-11-8-14)16(5-1)15-4-3-9-19-13-15/h1-11,13,20H,12H2. The smallest absolute Gasteiger partial charge is 0.0423 e. The number of rotatable bonds is 4. The molecule has 3 rings (SSSR count). The molecule has 0 saturated heterocycles. The monoisotopic (exact) mass is 261 g/mol. The van der Waals surface area contributed by atoms with Crippen molar-refractivity contribution in [3.8, 4) is 11.1 Å².